The van der Waals surface area contributed by atoms with Crippen molar-refractivity contribution in [3.05, 3.63) is 35.4 Å². The molecule has 0 radical (unpaired) electrons. The molecule has 1 aromatic rings. The lowest BCUT2D eigenvalue weighted by Gasteiger charge is -2.41. The smallest absolute Gasteiger partial charge is 0.0954 e. The Balaban J connectivity index is 1.62. The van der Waals surface area contributed by atoms with Crippen LogP contribution in [0.1, 0.15) is 30.1 Å². The van der Waals surface area contributed by atoms with Crippen molar-refractivity contribution in [1.82, 2.24) is 4.90 Å². The van der Waals surface area contributed by atoms with Crippen molar-refractivity contribution in [1.29, 1.82) is 0 Å². The number of nitrogens with two attached hydrogens (primary N) is 1. The van der Waals surface area contributed by atoms with Gasteiger partial charge in [0, 0.05) is 17.8 Å². The second kappa shape index (κ2) is 6.69. The van der Waals surface area contributed by atoms with Crippen molar-refractivity contribution in [3.63, 3.8) is 0 Å². The van der Waals surface area contributed by atoms with E-state index in [2.05, 4.69) is 35.4 Å². The van der Waals surface area contributed by atoms with Gasteiger partial charge in [-0.05, 0) is 49.7 Å². The summed E-state index contributed by atoms with van der Waals surface area (Å²) in [4.78, 5) is 2.55. The van der Waals surface area contributed by atoms with Crippen LogP contribution in [0.25, 0.3) is 0 Å². The number of nitrogens with zero attached hydrogens (tertiary/aromatic N) is 1. The van der Waals surface area contributed by atoms with Crippen molar-refractivity contribution >= 4 is 11.8 Å². The van der Waals surface area contributed by atoms with Crippen LogP contribution in [-0.2, 0) is 11.2 Å². The Morgan fingerprint density at radius 1 is 1.33 bits per heavy atom. The lowest BCUT2D eigenvalue weighted by molar-refractivity contribution is 0.0103. The van der Waals surface area contributed by atoms with Gasteiger partial charge in [0.25, 0.3) is 0 Å². The number of ether oxygens (including phenoxy) is 1. The number of benzene rings is 1. The van der Waals surface area contributed by atoms with Crippen molar-refractivity contribution in [2.24, 2.45) is 5.73 Å². The van der Waals surface area contributed by atoms with E-state index in [0.717, 1.165) is 39.2 Å². The Morgan fingerprint density at radius 2 is 2.10 bits per heavy atom. The van der Waals surface area contributed by atoms with Crippen LogP contribution < -0.4 is 5.73 Å². The third-order valence-electron chi connectivity index (χ3n) is 5.09. The molecule has 0 saturated carbocycles. The molecular formula is C17H26N2OS. The first kappa shape index (κ1) is 15.3. The molecule has 4 heteroatoms. The molecule has 2 N–H and O–H groups in total. The van der Waals surface area contributed by atoms with Gasteiger partial charge in [0.15, 0.2) is 0 Å². The average molecular weight is 306 g/mol. The van der Waals surface area contributed by atoms with Gasteiger partial charge in [-0.1, -0.05) is 24.3 Å². The van der Waals surface area contributed by atoms with E-state index in [4.69, 9.17) is 10.5 Å². The van der Waals surface area contributed by atoms with Crippen LogP contribution in [0.2, 0.25) is 0 Å². The molecule has 1 unspecified atom stereocenters. The van der Waals surface area contributed by atoms with Crippen LogP contribution in [0.3, 0.4) is 0 Å². The van der Waals surface area contributed by atoms with Crippen LogP contribution in [0.4, 0.5) is 0 Å². The highest BCUT2D eigenvalue weighted by atomic mass is 32.2. The predicted octanol–water partition coefficient (Wildman–Crippen LogP) is 2.46. The van der Waals surface area contributed by atoms with E-state index >= 15 is 0 Å². The largest absolute Gasteiger partial charge is 0.372 e. The van der Waals surface area contributed by atoms with Gasteiger partial charge in [0.1, 0.15) is 0 Å². The number of piperidine rings is 1. The lowest BCUT2D eigenvalue weighted by Crippen LogP contribution is -2.47. The fraction of sp³-hybridized carbons (Fsp3) is 0.647. The summed E-state index contributed by atoms with van der Waals surface area (Å²) in [5.74, 6) is 0. The fourth-order valence-corrected chi connectivity index (χ4v) is 4.25. The highest BCUT2D eigenvalue weighted by Crippen LogP contribution is 2.35. The number of hydrogen-bond donors (Lipinski definition) is 1. The Morgan fingerprint density at radius 3 is 2.81 bits per heavy atom. The molecule has 2 aliphatic heterocycles. The Bertz CT molecular complexity index is 466. The van der Waals surface area contributed by atoms with Crippen LogP contribution in [-0.4, -0.2) is 48.7 Å². The monoisotopic (exact) mass is 306 g/mol. The molecule has 3 nitrogen and oxygen atoms in total. The first-order valence-electron chi connectivity index (χ1n) is 7.93. The minimum Gasteiger partial charge on any atom is -0.372 e. The molecule has 21 heavy (non-hydrogen) atoms. The summed E-state index contributed by atoms with van der Waals surface area (Å²) in [6.07, 6.45) is 5.88. The quantitative estimate of drug-likeness (QED) is 0.927. The Kier molecular flexibility index (Phi) is 4.89. The summed E-state index contributed by atoms with van der Waals surface area (Å²) in [7, 11) is 0. The Labute approximate surface area is 132 Å². The molecule has 2 aliphatic rings. The zero-order chi connectivity index (χ0) is 14.7. The molecule has 1 atom stereocenters. The molecule has 2 heterocycles. The zero-order valence-corrected chi connectivity index (χ0v) is 13.7. The second-order valence-electron chi connectivity index (χ2n) is 6.20. The molecule has 116 valence electrons. The second-order valence-corrected chi connectivity index (χ2v) is 7.47. The molecule has 0 bridgehead atoms. The molecule has 0 aromatic heterocycles. The average Bonchev–Trinajstić information content (AvgIpc) is 2.56. The van der Waals surface area contributed by atoms with Gasteiger partial charge in [-0.25, -0.2) is 0 Å². The zero-order valence-electron chi connectivity index (χ0n) is 12.9. The van der Waals surface area contributed by atoms with E-state index < -0.39 is 0 Å². The highest BCUT2D eigenvalue weighted by molar-refractivity contribution is 8.00. The lowest BCUT2D eigenvalue weighted by atomic mass is 9.93. The Hall–Kier alpha value is -0.550. The summed E-state index contributed by atoms with van der Waals surface area (Å²) < 4.78 is 6.35. The van der Waals surface area contributed by atoms with Crippen molar-refractivity contribution < 1.29 is 4.74 Å². The molecule has 1 fully saturated rings. The van der Waals surface area contributed by atoms with E-state index in [9.17, 15) is 0 Å². The van der Waals surface area contributed by atoms with Crippen molar-refractivity contribution in [2.75, 3.05) is 39.0 Å². The molecule has 0 aliphatic carbocycles. The molecule has 1 aromatic carbocycles. The summed E-state index contributed by atoms with van der Waals surface area (Å²) in [5.41, 5.74) is 8.83. The number of thioether (sulfide) groups is 1. The number of likely N-dealkylation sites (tertiary alicyclic amines) is 1. The van der Waals surface area contributed by atoms with Crippen LogP contribution in [0.15, 0.2) is 24.3 Å². The molecule has 0 spiro atoms. The third kappa shape index (κ3) is 3.29. The van der Waals surface area contributed by atoms with Gasteiger partial charge in [0.2, 0.25) is 0 Å². The molecule has 1 saturated heterocycles. The van der Waals surface area contributed by atoms with Crippen LogP contribution in [0.5, 0.6) is 0 Å². The topological polar surface area (TPSA) is 38.5 Å². The number of fused-ring (bicyclic) bond motifs is 1. The highest BCUT2D eigenvalue weighted by Gasteiger charge is 2.33. The summed E-state index contributed by atoms with van der Waals surface area (Å²) in [5, 5.41) is 0. The van der Waals surface area contributed by atoms with E-state index in [1.807, 2.05) is 11.8 Å². The van der Waals surface area contributed by atoms with Crippen molar-refractivity contribution in [2.45, 2.75) is 30.1 Å². The molecule has 3 rings (SSSR count). The summed E-state index contributed by atoms with van der Waals surface area (Å²) >= 11 is 1.95. The number of rotatable bonds is 4. The van der Waals surface area contributed by atoms with Crippen LogP contribution >= 0.6 is 11.8 Å². The summed E-state index contributed by atoms with van der Waals surface area (Å²) in [6.45, 7) is 4.95. The fourth-order valence-electron chi connectivity index (χ4n) is 3.50. The maximum absolute atomic E-state index is 6.04. The maximum Gasteiger partial charge on any atom is 0.0954 e. The minimum atomic E-state index is 0.245. The normalized spacial score (nSPS) is 25.5. The molecular weight excluding hydrogens is 280 g/mol. The van der Waals surface area contributed by atoms with Gasteiger partial charge >= 0.3 is 0 Å². The van der Waals surface area contributed by atoms with Gasteiger partial charge < -0.3 is 15.4 Å². The summed E-state index contributed by atoms with van der Waals surface area (Å²) in [6, 6.07) is 8.74. The number of hydrogen-bond acceptors (Lipinski definition) is 4. The van der Waals surface area contributed by atoms with Crippen LogP contribution in [0, 0.1) is 0 Å². The first-order valence-corrected chi connectivity index (χ1v) is 9.16. The van der Waals surface area contributed by atoms with E-state index in [0.29, 0.717) is 4.75 Å². The van der Waals surface area contributed by atoms with Crippen molar-refractivity contribution in [3.8, 4) is 0 Å². The standard InChI is InChI=1S/C17H26N2OS/c1-21-17(13-18)7-9-19(10-8-17)12-16-15-5-3-2-4-14(15)6-11-20-16/h2-5,16H,6-13,18H2,1H3. The maximum atomic E-state index is 6.04. The SMILES string of the molecule is CSC1(CN)CCN(CC2OCCc3ccccc32)CC1. The van der Waals surface area contributed by atoms with E-state index in [1.54, 1.807) is 0 Å². The van der Waals surface area contributed by atoms with Gasteiger partial charge in [0.05, 0.1) is 12.7 Å². The first-order chi connectivity index (χ1) is 10.3. The van der Waals surface area contributed by atoms with Gasteiger partial charge in [-0.15, -0.1) is 0 Å². The van der Waals surface area contributed by atoms with E-state index in [1.165, 1.54) is 24.0 Å². The van der Waals surface area contributed by atoms with E-state index in [-0.39, 0.29) is 6.10 Å². The van der Waals surface area contributed by atoms with Gasteiger partial charge in [-0.3, -0.25) is 0 Å². The minimum absolute atomic E-state index is 0.245. The third-order valence-corrected chi connectivity index (χ3v) is 6.53. The predicted molar refractivity (Wildman–Crippen MR) is 89.8 cm³/mol. The van der Waals surface area contributed by atoms with Gasteiger partial charge in [-0.2, -0.15) is 11.8 Å². The molecule has 0 amide bonds.